The van der Waals surface area contributed by atoms with Crippen molar-refractivity contribution < 1.29 is 4.74 Å². The summed E-state index contributed by atoms with van der Waals surface area (Å²) in [6.45, 7) is 8.76. The molecule has 3 unspecified atom stereocenters. The third kappa shape index (κ3) is 3.50. The minimum atomic E-state index is 0.617. The summed E-state index contributed by atoms with van der Waals surface area (Å²) in [4.78, 5) is 0. The van der Waals surface area contributed by atoms with Crippen LogP contribution < -0.4 is 10.1 Å². The second-order valence-electron chi connectivity index (χ2n) is 5.66. The van der Waals surface area contributed by atoms with E-state index >= 15 is 0 Å². The number of para-hydroxylation sites is 1. The van der Waals surface area contributed by atoms with Crippen LogP contribution in [0, 0.1) is 5.92 Å². The van der Waals surface area contributed by atoms with E-state index in [0.717, 1.165) is 31.2 Å². The Morgan fingerprint density at radius 3 is 2.84 bits per heavy atom. The van der Waals surface area contributed by atoms with Crippen molar-refractivity contribution in [3.8, 4) is 5.75 Å². The molecule has 1 aromatic rings. The smallest absolute Gasteiger partial charge is 0.122 e. The van der Waals surface area contributed by atoms with E-state index in [0.29, 0.717) is 12.0 Å². The van der Waals surface area contributed by atoms with Gasteiger partial charge < -0.3 is 10.1 Å². The first kappa shape index (κ1) is 14.4. The zero-order valence-electron chi connectivity index (χ0n) is 12.5. The van der Waals surface area contributed by atoms with E-state index in [9.17, 15) is 0 Å². The molecule has 2 nitrogen and oxygen atoms in total. The number of rotatable bonds is 6. The molecule has 0 aliphatic carbocycles. The molecule has 0 saturated carbocycles. The van der Waals surface area contributed by atoms with Gasteiger partial charge in [-0.2, -0.15) is 0 Å². The van der Waals surface area contributed by atoms with E-state index in [2.05, 4.69) is 50.4 Å². The van der Waals surface area contributed by atoms with Crippen LogP contribution in [-0.2, 0) is 0 Å². The number of nitrogens with one attached hydrogen (secondary N) is 1. The Bertz CT molecular complexity index is 391. The highest BCUT2D eigenvalue weighted by Crippen LogP contribution is 2.37. The second-order valence-corrected chi connectivity index (χ2v) is 5.66. The Hall–Kier alpha value is -1.02. The number of hydrogen-bond donors (Lipinski definition) is 1. The third-order valence-electron chi connectivity index (χ3n) is 4.42. The number of fused-ring (bicyclic) bond motifs is 1. The van der Waals surface area contributed by atoms with E-state index in [4.69, 9.17) is 4.74 Å². The van der Waals surface area contributed by atoms with Gasteiger partial charge in [0.05, 0.1) is 6.61 Å². The van der Waals surface area contributed by atoms with Gasteiger partial charge in [-0.15, -0.1) is 0 Å². The molecule has 1 aromatic carbocycles. The second kappa shape index (κ2) is 6.95. The zero-order valence-corrected chi connectivity index (χ0v) is 12.5. The molecule has 1 aliphatic heterocycles. The van der Waals surface area contributed by atoms with Crippen LogP contribution in [0.2, 0.25) is 0 Å². The van der Waals surface area contributed by atoms with Gasteiger partial charge in [-0.05, 0) is 42.9 Å². The first-order valence-electron chi connectivity index (χ1n) is 7.71. The Kier molecular flexibility index (Phi) is 5.26. The van der Waals surface area contributed by atoms with Gasteiger partial charge in [0, 0.05) is 6.04 Å². The zero-order chi connectivity index (χ0) is 13.7. The molecule has 0 amide bonds. The van der Waals surface area contributed by atoms with Crippen LogP contribution in [0.3, 0.4) is 0 Å². The molecule has 106 valence electrons. The van der Waals surface area contributed by atoms with Crippen LogP contribution in [0.15, 0.2) is 24.3 Å². The SMILES string of the molecule is CCNC(CC1CCOc2ccccc21)C(C)CC. The molecule has 3 atom stereocenters. The fraction of sp³-hybridized carbons (Fsp3) is 0.647. The maximum atomic E-state index is 5.76. The van der Waals surface area contributed by atoms with E-state index < -0.39 is 0 Å². The molecule has 0 bridgehead atoms. The monoisotopic (exact) mass is 261 g/mol. The number of hydrogen-bond acceptors (Lipinski definition) is 2. The molecule has 1 heterocycles. The summed E-state index contributed by atoms with van der Waals surface area (Å²) in [5.41, 5.74) is 1.40. The number of ether oxygens (including phenoxy) is 1. The highest BCUT2D eigenvalue weighted by Gasteiger charge is 2.25. The Labute approximate surface area is 117 Å². The van der Waals surface area contributed by atoms with Crippen molar-refractivity contribution in [2.45, 2.75) is 52.0 Å². The highest BCUT2D eigenvalue weighted by molar-refractivity contribution is 5.37. The fourth-order valence-electron chi connectivity index (χ4n) is 3.03. The van der Waals surface area contributed by atoms with E-state index in [-0.39, 0.29) is 0 Å². The van der Waals surface area contributed by atoms with Crippen LogP contribution in [-0.4, -0.2) is 19.2 Å². The highest BCUT2D eigenvalue weighted by atomic mass is 16.5. The predicted octanol–water partition coefficient (Wildman–Crippen LogP) is 3.97. The van der Waals surface area contributed by atoms with Gasteiger partial charge in [-0.25, -0.2) is 0 Å². The molecular weight excluding hydrogens is 234 g/mol. The van der Waals surface area contributed by atoms with Gasteiger partial charge in [-0.1, -0.05) is 45.4 Å². The van der Waals surface area contributed by atoms with Gasteiger partial charge in [0.15, 0.2) is 0 Å². The first-order chi connectivity index (χ1) is 9.26. The average Bonchev–Trinajstić information content (AvgIpc) is 2.46. The molecule has 0 radical (unpaired) electrons. The molecule has 0 fully saturated rings. The van der Waals surface area contributed by atoms with Crippen molar-refractivity contribution in [2.24, 2.45) is 5.92 Å². The summed E-state index contributed by atoms with van der Waals surface area (Å²) in [7, 11) is 0. The van der Waals surface area contributed by atoms with Crippen LogP contribution in [0.4, 0.5) is 0 Å². The van der Waals surface area contributed by atoms with Crippen molar-refractivity contribution in [3.63, 3.8) is 0 Å². The summed E-state index contributed by atoms with van der Waals surface area (Å²) < 4.78 is 5.76. The molecule has 2 rings (SSSR count). The summed E-state index contributed by atoms with van der Waals surface area (Å²) in [5.74, 6) is 2.47. The lowest BCUT2D eigenvalue weighted by molar-refractivity contribution is 0.242. The lowest BCUT2D eigenvalue weighted by Gasteiger charge is -2.32. The van der Waals surface area contributed by atoms with Gasteiger partial charge in [0.25, 0.3) is 0 Å². The van der Waals surface area contributed by atoms with Crippen molar-refractivity contribution in [3.05, 3.63) is 29.8 Å². The molecule has 0 saturated heterocycles. The largest absolute Gasteiger partial charge is 0.493 e. The van der Waals surface area contributed by atoms with Crippen LogP contribution in [0.5, 0.6) is 5.75 Å². The topological polar surface area (TPSA) is 21.3 Å². The lowest BCUT2D eigenvalue weighted by atomic mass is 9.83. The molecule has 2 heteroatoms. The molecule has 0 spiro atoms. The minimum Gasteiger partial charge on any atom is -0.493 e. The summed E-state index contributed by atoms with van der Waals surface area (Å²) >= 11 is 0. The van der Waals surface area contributed by atoms with Gasteiger partial charge >= 0.3 is 0 Å². The lowest BCUT2D eigenvalue weighted by Crippen LogP contribution is -2.36. The summed E-state index contributed by atoms with van der Waals surface area (Å²) in [6.07, 6.45) is 3.61. The summed E-state index contributed by atoms with van der Waals surface area (Å²) in [5, 5.41) is 3.67. The molecular formula is C17H27NO. The molecule has 0 aromatic heterocycles. The number of benzene rings is 1. The standard InChI is InChI=1S/C17H27NO/c1-4-13(3)16(18-5-2)12-14-10-11-19-17-9-7-6-8-15(14)17/h6-9,13-14,16,18H,4-5,10-12H2,1-3H3. The van der Waals surface area contributed by atoms with Gasteiger partial charge in [0.2, 0.25) is 0 Å². The third-order valence-corrected chi connectivity index (χ3v) is 4.42. The van der Waals surface area contributed by atoms with Crippen LogP contribution >= 0.6 is 0 Å². The Morgan fingerprint density at radius 2 is 2.11 bits per heavy atom. The first-order valence-corrected chi connectivity index (χ1v) is 7.71. The fourth-order valence-corrected chi connectivity index (χ4v) is 3.03. The minimum absolute atomic E-state index is 0.617. The van der Waals surface area contributed by atoms with Crippen molar-refractivity contribution in [2.75, 3.05) is 13.2 Å². The maximum Gasteiger partial charge on any atom is 0.122 e. The van der Waals surface area contributed by atoms with E-state index in [1.54, 1.807) is 0 Å². The van der Waals surface area contributed by atoms with Crippen molar-refractivity contribution in [1.82, 2.24) is 5.32 Å². The molecule has 1 N–H and O–H groups in total. The van der Waals surface area contributed by atoms with E-state index in [1.807, 2.05) is 0 Å². The Balaban J connectivity index is 2.10. The summed E-state index contributed by atoms with van der Waals surface area (Å²) in [6, 6.07) is 9.15. The van der Waals surface area contributed by atoms with Crippen LogP contribution in [0.1, 0.15) is 51.5 Å². The average molecular weight is 261 g/mol. The van der Waals surface area contributed by atoms with Crippen LogP contribution in [0.25, 0.3) is 0 Å². The van der Waals surface area contributed by atoms with Crippen molar-refractivity contribution in [1.29, 1.82) is 0 Å². The van der Waals surface area contributed by atoms with Gasteiger partial charge in [0.1, 0.15) is 5.75 Å². The van der Waals surface area contributed by atoms with Crippen molar-refractivity contribution >= 4 is 0 Å². The Morgan fingerprint density at radius 1 is 1.32 bits per heavy atom. The van der Waals surface area contributed by atoms with E-state index in [1.165, 1.54) is 18.4 Å². The maximum absolute atomic E-state index is 5.76. The predicted molar refractivity (Wildman–Crippen MR) is 80.8 cm³/mol. The van der Waals surface area contributed by atoms with Gasteiger partial charge in [-0.3, -0.25) is 0 Å². The molecule has 1 aliphatic rings. The molecule has 19 heavy (non-hydrogen) atoms. The normalized spacial score (nSPS) is 21.3. The quantitative estimate of drug-likeness (QED) is 0.836.